The highest BCUT2D eigenvalue weighted by Crippen LogP contribution is 2.23. The number of aryl methyl sites for hydroxylation is 1. The van der Waals surface area contributed by atoms with Crippen LogP contribution in [0.2, 0.25) is 0 Å². The van der Waals surface area contributed by atoms with E-state index in [9.17, 15) is 9.18 Å². The molecule has 0 aliphatic heterocycles. The summed E-state index contributed by atoms with van der Waals surface area (Å²) in [5, 5.41) is 0.726. The Labute approximate surface area is 161 Å². The van der Waals surface area contributed by atoms with Gasteiger partial charge in [0.05, 0.1) is 41.1 Å². The Kier molecular flexibility index (Phi) is 3.20. The molecule has 6 heteroatoms. The maximum Gasteiger partial charge on any atom is 0.171 e. The molecule has 0 amide bonds. The summed E-state index contributed by atoms with van der Waals surface area (Å²) >= 11 is 0. The summed E-state index contributed by atoms with van der Waals surface area (Å²) in [7, 11) is 1.90. The van der Waals surface area contributed by atoms with E-state index in [0.717, 1.165) is 22.5 Å². The minimum absolute atomic E-state index is 0.315. The van der Waals surface area contributed by atoms with E-state index in [-0.39, 0.29) is 6.42 Å². The third kappa shape index (κ3) is 3.21. The molecule has 0 aliphatic rings. The molecule has 0 saturated carbocycles. The summed E-state index contributed by atoms with van der Waals surface area (Å²) in [4.78, 5) is 25.6. The summed E-state index contributed by atoms with van der Waals surface area (Å²) in [5.41, 5.74) is 2.01. The number of Topliss-reactive ketones (excluding diaryl/α,β-unsaturated/α-hetero) is 1. The van der Waals surface area contributed by atoms with Gasteiger partial charge in [-0.25, -0.2) is 9.37 Å². The average Bonchev–Trinajstić information content (AvgIpc) is 3.09. The predicted octanol–water partition coefficient (Wildman–Crippen LogP) is 3.90. The summed E-state index contributed by atoms with van der Waals surface area (Å²) in [5.74, 6) is -1.18. The van der Waals surface area contributed by atoms with Crippen molar-refractivity contribution in [1.82, 2.24) is 19.5 Å². The quantitative estimate of drug-likeness (QED) is 0.515. The third-order valence-electron chi connectivity index (χ3n) is 4.40. The number of imidazole rings is 1. The molecule has 3 aromatic heterocycles. The first-order chi connectivity index (χ1) is 14.7. The van der Waals surface area contributed by atoms with Crippen molar-refractivity contribution in [3.05, 3.63) is 77.8 Å². The number of benzene rings is 1. The normalized spacial score (nSPS) is 13.1. The molecule has 134 valence electrons. The molecule has 4 rings (SSSR count). The molecule has 0 bridgehead atoms. The van der Waals surface area contributed by atoms with Crippen molar-refractivity contribution >= 4 is 16.7 Å². The Morgan fingerprint density at radius 1 is 1.15 bits per heavy atom. The van der Waals surface area contributed by atoms with E-state index in [2.05, 4.69) is 15.0 Å². The molecule has 0 atom stereocenters. The van der Waals surface area contributed by atoms with Crippen LogP contribution >= 0.6 is 0 Å². The van der Waals surface area contributed by atoms with Gasteiger partial charge in [-0.2, -0.15) is 0 Å². The van der Waals surface area contributed by atoms with Crippen LogP contribution in [0.1, 0.15) is 27.4 Å². The number of hydrogen-bond acceptors (Lipinski definition) is 4. The largest absolute Gasteiger partial charge is 0.331 e. The van der Waals surface area contributed by atoms with Gasteiger partial charge in [0.2, 0.25) is 0 Å². The molecule has 5 nitrogen and oxygen atoms in total. The Morgan fingerprint density at radius 2 is 1.96 bits per heavy atom. The SMILES string of the molecule is [2H]c1c([2H])c([2H])c(C(=O)Cc2cc3cc(-c4cnc(C)n4C)cnc3cn2)c(F)c1[2H]. The van der Waals surface area contributed by atoms with Gasteiger partial charge in [-0.05, 0) is 31.1 Å². The lowest BCUT2D eigenvalue weighted by Crippen LogP contribution is -2.07. The molecule has 0 unspecified atom stereocenters. The maximum atomic E-state index is 14.4. The zero-order valence-electron chi connectivity index (χ0n) is 18.7. The van der Waals surface area contributed by atoms with Crippen LogP contribution in [0.15, 0.2) is 54.9 Å². The van der Waals surface area contributed by atoms with E-state index in [4.69, 9.17) is 5.48 Å². The standard InChI is InChI=1S/C21H17FN4O/c1-13-23-12-20(26(13)2)15-7-14-8-16(24-11-19(14)25-10-15)9-21(27)17-5-3-4-6-18(17)22/h3-8,10-12H,9H2,1-2H3/i3D,4D,5D,6D. The summed E-state index contributed by atoms with van der Waals surface area (Å²) in [6.45, 7) is 1.89. The first-order valence-electron chi connectivity index (χ1n) is 10.2. The second-order valence-electron chi connectivity index (χ2n) is 6.13. The number of rotatable bonds is 4. The van der Waals surface area contributed by atoms with Crippen LogP contribution < -0.4 is 0 Å². The van der Waals surface area contributed by atoms with Crippen molar-refractivity contribution < 1.29 is 14.7 Å². The molecule has 27 heavy (non-hydrogen) atoms. The molecule has 1 aromatic carbocycles. The molecule has 0 fully saturated rings. The van der Waals surface area contributed by atoms with E-state index in [1.165, 1.54) is 6.20 Å². The highest BCUT2D eigenvalue weighted by molar-refractivity contribution is 5.98. The second kappa shape index (κ2) is 6.72. The lowest BCUT2D eigenvalue weighted by Gasteiger charge is -2.07. The van der Waals surface area contributed by atoms with Crippen molar-refractivity contribution in [3.63, 3.8) is 0 Å². The first-order valence-corrected chi connectivity index (χ1v) is 8.21. The van der Waals surface area contributed by atoms with E-state index in [0.29, 0.717) is 11.2 Å². The van der Waals surface area contributed by atoms with E-state index in [1.807, 2.05) is 24.6 Å². The number of pyridine rings is 2. The Morgan fingerprint density at radius 3 is 2.74 bits per heavy atom. The minimum Gasteiger partial charge on any atom is -0.331 e. The molecule has 3 heterocycles. The average molecular weight is 364 g/mol. The number of fused-ring (bicyclic) bond motifs is 1. The van der Waals surface area contributed by atoms with Gasteiger partial charge >= 0.3 is 0 Å². The molecule has 0 saturated heterocycles. The Hall–Kier alpha value is -3.41. The zero-order chi connectivity index (χ0) is 22.4. The van der Waals surface area contributed by atoms with Crippen LogP contribution in [0, 0.1) is 12.7 Å². The van der Waals surface area contributed by atoms with Gasteiger partial charge in [-0.15, -0.1) is 0 Å². The number of hydrogen-bond donors (Lipinski definition) is 0. The molecular weight excluding hydrogens is 343 g/mol. The van der Waals surface area contributed by atoms with Crippen molar-refractivity contribution in [3.8, 4) is 11.3 Å². The third-order valence-corrected chi connectivity index (χ3v) is 4.40. The maximum absolute atomic E-state index is 14.4. The summed E-state index contributed by atoms with van der Waals surface area (Å²) in [6, 6.07) is 0.629. The molecular formula is C21H17FN4O. The molecule has 0 radical (unpaired) electrons. The van der Waals surface area contributed by atoms with E-state index in [1.54, 1.807) is 18.5 Å². The number of halogens is 1. The molecule has 0 spiro atoms. The predicted molar refractivity (Wildman–Crippen MR) is 101 cm³/mol. The first kappa shape index (κ1) is 12.9. The Bertz CT molecular complexity index is 1340. The number of aromatic nitrogens is 4. The fourth-order valence-corrected chi connectivity index (χ4v) is 2.83. The molecule has 0 N–H and O–H groups in total. The lowest BCUT2D eigenvalue weighted by atomic mass is 10.0. The van der Waals surface area contributed by atoms with Gasteiger partial charge in [0.15, 0.2) is 5.78 Å². The van der Waals surface area contributed by atoms with Gasteiger partial charge < -0.3 is 4.57 Å². The smallest absolute Gasteiger partial charge is 0.171 e. The Balaban J connectivity index is 1.71. The fraction of sp³-hybridized carbons (Fsp3) is 0.143. The molecule has 0 aliphatic carbocycles. The number of nitrogens with zero attached hydrogens (tertiary/aromatic N) is 4. The second-order valence-corrected chi connectivity index (χ2v) is 6.13. The highest BCUT2D eigenvalue weighted by atomic mass is 19.1. The van der Waals surface area contributed by atoms with Gasteiger partial charge in [0.1, 0.15) is 11.6 Å². The van der Waals surface area contributed by atoms with Crippen LogP contribution in [-0.2, 0) is 13.5 Å². The number of carbonyl (C=O) groups is 1. The lowest BCUT2D eigenvalue weighted by molar-refractivity contribution is 0.0988. The van der Waals surface area contributed by atoms with Crippen molar-refractivity contribution in [2.24, 2.45) is 7.05 Å². The summed E-state index contributed by atoms with van der Waals surface area (Å²) < 4.78 is 47.0. The van der Waals surface area contributed by atoms with Crippen molar-refractivity contribution in [1.29, 1.82) is 0 Å². The van der Waals surface area contributed by atoms with E-state index < -0.39 is 41.3 Å². The fourth-order valence-electron chi connectivity index (χ4n) is 2.83. The van der Waals surface area contributed by atoms with Crippen LogP contribution in [0.4, 0.5) is 4.39 Å². The number of carbonyl (C=O) groups excluding carboxylic acids is 1. The summed E-state index contributed by atoms with van der Waals surface area (Å²) in [6.07, 6.45) is 4.65. The topological polar surface area (TPSA) is 60.7 Å². The monoisotopic (exact) mass is 364 g/mol. The highest BCUT2D eigenvalue weighted by Gasteiger charge is 2.13. The van der Waals surface area contributed by atoms with Gasteiger partial charge in [-0.1, -0.05) is 12.1 Å². The van der Waals surface area contributed by atoms with Gasteiger partial charge in [-0.3, -0.25) is 14.8 Å². The van der Waals surface area contributed by atoms with Crippen LogP contribution in [-0.4, -0.2) is 25.3 Å². The zero-order valence-corrected chi connectivity index (χ0v) is 14.7. The van der Waals surface area contributed by atoms with Crippen molar-refractivity contribution in [2.45, 2.75) is 13.3 Å². The molecule has 4 aromatic rings. The van der Waals surface area contributed by atoms with Gasteiger partial charge in [0.25, 0.3) is 0 Å². The van der Waals surface area contributed by atoms with Crippen LogP contribution in [0.5, 0.6) is 0 Å². The van der Waals surface area contributed by atoms with Crippen LogP contribution in [0.25, 0.3) is 22.2 Å². The van der Waals surface area contributed by atoms with E-state index >= 15 is 0 Å². The number of ketones is 1. The van der Waals surface area contributed by atoms with Crippen molar-refractivity contribution in [2.75, 3.05) is 0 Å². The van der Waals surface area contributed by atoms with Gasteiger partial charge in [0, 0.05) is 29.9 Å². The minimum atomic E-state index is -1.26. The van der Waals surface area contributed by atoms with Crippen LogP contribution in [0.3, 0.4) is 0 Å².